The molecule has 1 aliphatic carbocycles. The van der Waals surface area contributed by atoms with Gasteiger partial charge in [-0.3, -0.25) is 19.5 Å². The van der Waals surface area contributed by atoms with E-state index in [1.54, 1.807) is 31.3 Å². The molecular formula is C27H32N6O2. The Labute approximate surface area is 205 Å². The number of anilines is 1. The van der Waals surface area contributed by atoms with Crippen LogP contribution in [0, 0.1) is 0 Å². The molecule has 0 bridgehead atoms. The van der Waals surface area contributed by atoms with E-state index in [-0.39, 0.29) is 17.4 Å². The zero-order valence-electron chi connectivity index (χ0n) is 20.3. The van der Waals surface area contributed by atoms with Crippen molar-refractivity contribution in [3.63, 3.8) is 0 Å². The number of rotatable bonds is 6. The van der Waals surface area contributed by atoms with Crippen LogP contribution in [0.15, 0.2) is 54.7 Å². The highest BCUT2D eigenvalue weighted by Crippen LogP contribution is 2.49. The molecule has 3 N–H and O–H groups in total. The number of nitrogens with two attached hydrogens (primary N) is 1. The van der Waals surface area contributed by atoms with Gasteiger partial charge in [0.15, 0.2) is 0 Å². The third-order valence-corrected chi connectivity index (χ3v) is 7.33. The third-order valence-electron chi connectivity index (χ3n) is 7.33. The summed E-state index contributed by atoms with van der Waals surface area (Å²) in [6, 6.07) is 15.6. The van der Waals surface area contributed by atoms with Gasteiger partial charge in [-0.2, -0.15) is 0 Å². The van der Waals surface area contributed by atoms with Crippen molar-refractivity contribution in [1.29, 1.82) is 0 Å². The van der Waals surface area contributed by atoms with Gasteiger partial charge in [0.25, 0.3) is 11.8 Å². The Morgan fingerprint density at radius 3 is 2.46 bits per heavy atom. The van der Waals surface area contributed by atoms with Crippen molar-refractivity contribution in [2.75, 3.05) is 26.4 Å². The first-order valence-corrected chi connectivity index (χ1v) is 12.1. The number of fused-ring (bicyclic) bond motifs is 2. The molecule has 0 atom stereocenters. The minimum absolute atomic E-state index is 0.0146. The van der Waals surface area contributed by atoms with Crippen LogP contribution in [-0.4, -0.2) is 51.8 Å². The minimum Gasteiger partial charge on any atom is -0.397 e. The van der Waals surface area contributed by atoms with Gasteiger partial charge >= 0.3 is 0 Å². The normalized spacial score (nSPS) is 16.4. The van der Waals surface area contributed by atoms with Crippen molar-refractivity contribution in [3.8, 4) is 0 Å². The Kier molecular flexibility index (Phi) is 6.06. The zero-order valence-corrected chi connectivity index (χ0v) is 20.3. The highest BCUT2D eigenvalue weighted by Gasteiger charge is 2.48. The van der Waals surface area contributed by atoms with Crippen molar-refractivity contribution >= 4 is 17.5 Å². The summed E-state index contributed by atoms with van der Waals surface area (Å²) in [7, 11) is 3.53. The topological polar surface area (TPSA) is 96.5 Å². The molecule has 1 saturated carbocycles. The van der Waals surface area contributed by atoms with Gasteiger partial charge in [0.2, 0.25) is 0 Å². The van der Waals surface area contributed by atoms with Gasteiger partial charge in [-0.15, -0.1) is 0 Å². The van der Waals surface area contributed by atoms with Gasteiger partial charge in [0.05, 0.1) is 29.7 Å². The number of amides is 2. The summed E-state index contributed by atoms with van der Waals surface area (Å²) >= 11 is 0. The Bertz CT molecular complexity index is 1230. The lowest BCUT2D eigenvalue weighted by atomic mass is 9.71. The fourth-order valence-electron chi connectivity index (χ4n) is 5.26. The predicted octanol–water partition coefficient (Wildman–Crippen LogP) is 2.99. The van der Waals surface area contributed by atoms with Crippen molar-refractivity contribution in [3.05, 3.63) is 82.9 Å². The predicted molar refractivity (Wildman–Crippen MR) is 135 cm³/mol. The first-order valence-electron chi connectivity index (χ1n) is 12.1. The molecule has 2 aromatic heterocycles. The molecule has 0 saturated heterocycles. The lowest BCUT2D eigenvalue weighted by Crippen LogP contribution is -2.56. The van der Waals surface area contributed by atoms with Crippen LogP contribution in [0.5, 0.6) is 0 Å². The molecule has 182 valence electrons. The average Bonchev–Trinajstić information content (AvgIpc) is 3.27. The molecule has 2 amide bonds. The molecule has 1 fully saturated rings. The monoisotopic (exact) mass is 472 g/mol. The smallest absolute Gasteiger partial charge is 0.268 e. The van der Waals surface area contributed by atoms with Crippen molar-refractivity contribution < 1.29 is 9.59 Å². The second kappa shape index (κ2) is 9.19. The van der Waals surface area contributed by atoms with Gasteiger partial charge in [-0.05, 0) is 61.2 Å². The molecule has 1 aliphatic heterocycles. The number of aromatic nitrogens is 2. The summed E-state index contributed by atoms with van der Waals surface area (Å²) in [5, 5.41) is 3.00. The first kappa shape index (κ1) is 23.1. The summed E-state index contributed by atoms with van der Waals surface area (Å²) in [6.07, 6.45) is 4.96. The molecule has 0 unspecified atom stereocenters. The van der Waals surface area contributed by atoms with Crippen LogP contribution >= 0.6 is 0 Å². The molecule has 8 heteroatoms. The molecule has 2 aliphatic rings. The Hall–Kier alpha value is -3.65. The van der Waals surface area contributed by atoms with E-state index in [0.29, 0.717) is 23.5 Å². The van der Waals surface area contributed by atoms with Gasteiger partial charge in [-0.1, -0.05) is 12.1 Å². The molecule has 3 aromatic rings. The minimum atomic E-state index is -0.0843. The molecule has 1 aromatic carbocycles. The van der Waals surface area contributed by atoms with Crippen LogP contribution in [-0.2, 0) is 25.2 Å². The first-order chi connectivity index (χ1) is 16.9. The Morgan fingerprint density at radius 2 is 1.83 bits per heavy atom. The maximum absolute atomic E-state index is 13.0. The molecule has 5 rings (SSSR count). The number of pyridine rings is 1. The Balaban J connectivity index is 1.31. The lowest BCUT2D eigenvalue weighted by molar-refractivity contribution is -0.0217. The summed E-state index contributed by atoms with van der Waals surface area (Å²) < 4.78 is 2.19. The van der Waals surface area contributed by atoms with Gasteiger partial charge in [-0.25, -0.2) is 0 Å². The number of nitrogen functional groups attached to an aromatic ring is 1. The second-order valence-electron chi connectivity index (χ2n) is 9.72. The number of benzene rings is 1. The lowest BCUT2D eigenvalue weighted by Gasteiger charge is -2.53. The SMILES string of the molecule is CN(C)C(=O)c1ccc(CN2CCn3c(C(=O)NCc4ccc(N)cn4)ccc3C23CCC3)cc1. The van der Waals surface area contributed by atoms with E-state index in [1.165, 1.54) is 17.7 Å². The van der Waals surface area contributed by atoms with E-state index in [2.05, 4.69) is 38.0 Å². The summed E-state index contributed by atoms with van der Waals surface area (Å²) in [5.41, 5.74) is 10.9. The highest BCUT2D eigenvalue weighted by atomic mass is 16.2. The fraction of sp³-hybridized carbons (Fsp3) is 0.370. The Morgan fingerprint density at radius 1 is 1.06 bits per heavy atom. The van der Waals surface area contributed by atoms with E-state index in [0.717, 1.165) is 38.2 Å². The maximum Gasteiger partial charge on any atom is 0.268 e. The molecule has 35 heavy (non-hydrogen) atoms. The van der Waals surface area contributed by atoms with Crippen LogP contribution in [0.3, 0.4) is 0 Å². The zero-order chi connectivity index (χ0) is 24.6. The van der Waals surface area contributed by atoms with Crippen LogP contribution < -0.4 is 11.1 Å². The molecular weight excluding hydrogens is 440 g/mol. The van der Waals surface area contributed by atoms with Crippen molar-refractivity contribution in [1.82, 2.24) is 24.7 Å². The number of nitrogens with zero attached hydrogens (tertiary/aromatic N) is 4. The second-order valence-corrected chi connectivity index (χ2v) is 9.72. The van der Waals surface area contributed by atoms with Crippen LogP contribution in [0.2, 0.25) is 0 Å². The van der Waals surface area contributed by atoms with Crippen molar-refractivity contribution in [2.24, 2.45) is 0 Å². The van der Waals surface area contributed by atoms with E-state index >= 15 is 0 Å². The van der Waals surface area contributed by atoms with Gasteiger partial charge in [0.1, 0.15) is 5.69 Å². The summed E-state index contributed by atoms with van der Waals surface area (Å²) in [4.78, 5) is 33.6. The molecule has 1 spiro atoms. The van der Waals surface area contributed by atoms with Gasteiger partial charge in [0, 0.05) is 45.0 Å². The highest BCUT2D eigenvalue weighted by molar-refractivity contribution is 5.94. The maximum atomic E-state index is 13.0. The van der Waals surface area contributed by atoms with E-state index in [1.807, 2.05) is 24.3 Å². The number of hydrogen-bond acceptors (Lipinski definition) is 5. The molecule has 8 nitrogen and oxygen atoms in total. The summed E-state index contributed by atoms with van der Waals surface area (Å²) in [5.74, 6) is -0.0697. The molecule has 3 heterocycles. The van der Waals surface area contributed by atoms with E-state index in [4.69, 9.17) is 5.73 Å². The largest absolute Gasteiger partial charge is 0.397 e. The van der Waals surface area contributed by atoms with Crippen LogP contribution in [0.25, 0.3) is 0 Å². The third kappa shape index (κ3) is 4.30. The average molecular weight is 473 g/mol. The number of nitrogens with one attached hydrogen (secondary N) is 1. The van der Waals surface area contributed by atoms with E-state index in [9.17, 15) is 9.59 Å². The van der Waals surface area contributed by atoms with Crippen LogP contribution in [0.4, 0.5) is 5.69 Å². The van der Waals surface area contributed by atoms with Crippen molar-refractivity contribution in [2.45, 2.75) is 44.4 Å². The summed E-state index contributed by atoms with van der Waals surface area (Å²) in [6.45, 7) is 2.83. The fourth-order valence-corrected chi connectivity index (χ4v) is 5.26. The number of carbonyl (C=O) groups is 2. The van der Waals surface area contributed by atoms with Crippen LogP contribution in [0.1, 0.15) is 57.1 Å². The number of carbonyl (C=O) groups excluding carboxylic acids is 2. The quantitative estimate of drug-likeness (QED) is 0.575. The van der Waals surface area contributed by atoms with E-state index < -0.39 is 0 Å². The number of hydrogen-bond donors (Lipinski definition) is 2. The van der Waals surface area contributed by atoms with Gasteiger partial charge < -0.3 is 20.5 Å². The molecule has 0 radical (unpaired) electrons. The standard InChI is InChI=1S/C27H32N6O2/c1-31(2)26(35)20-6-4-19(5-7-20)18-32-14-15-33-23(10-11-24(33)27(32)12-3-13-27)25(34)30-17-22-9-8-21(28)16-29-22/h4-11,16H,3,12-15,17-18,28H2,1-2H3,(H,30,34).